The van der Waals surface area contributed by atoms with Gasteiger partial charge < -0.3 is 9.47 Å². The number of aromatic nitrogens is 1. The van der Waals surface area contributed by atoms with Crippen LogP contribution in [0.1, 0.15) is 31.4 Å². The van der Waals surface area contributed by atoms with Crippen molar-refractivity contribution in [3.63, 3.8) is 0 Å². The molecule has 7 aromatic carbocycles. The average Bonchev–Trinajstić information content (AvgIpc) is 3.83. The summed E-state index contributed by atoms with van der Waals surface area (Å²) in [6, 6.07) is 56.8. The van der Waals surface area contributed by atoms with E-state index in [0.29, 0.717) is 0 Å². The van der Waals surface area contributed by atoms with Crippen LogP contribution in [0.4, 0.5) is 11.4 Å². The van der Waals surface area contributed by atoms with E-state index in [-0.39, 0.29) is 11.5 Å². The molecule has 54 heavy (non-hydrogen) atoms. The van der Waals surface area contributed by atoms with Crippen molar-refractivity contribution in [2.45, 2.75) is 31.7 Å². The topological polar surface area (TPSA) is 8.17 Å². The number of thiophene rings is 1. The predicted octanol–water partition coefficient (Wildman–Crippen LogP) is 14.1. The zero-order chi connectivity index (χ0) is 36.0. The summed E-state index contributed by atoms with van der Waals surface area (Å²) in [6.45, 7) is 4.81. The molecule has 0 radical (unpaired) electrons. The summed E-state index contributed by atoms with van der Waals surface area (Å²) in [6.07, 6.45) is 9.93. The molecule has 11 rings (SSSR count). The van der Waals surface area contributed by atoms with E-state index in [1.807, 2.05) is 11.3 Å². The lowest BCUT2D eigenvalue weighted by atomic mass is 9.82. The van der Waals surface area contributed by atoms with Gasteiger partial charge in [-0.1, -0.05) is 123 Å². The van der Waals surface area contributed by atoms with E-state index < -0.39 is 0 Å². The quantitative estimate of drug-likeness (QED) is 0.173. The summed E-state index contributed by atoms with van der Waals surface area (Å²) in [4.78, 5) is 2.51. The second-order valence-corrected chi connectivity index (χ2v) is 16.3. The van der Waals surface area contributed by atoms with Gasteiger partial charge in [0.15, 0.2) is 0 Å². The SMILES string of the molecule is CC1(C)c2cc(N(c3ccccc3)C3C=CC=CC3)ccc2-c2cc3c4cc(-c5cccc6c5sc5ccccc56)ccc4n(-c4ccccc4)c3cc21. The van der Waals surface area contributed by atoms with E-state index >= 15 is 0 Å². The third-order valence-corrected chi connectivity index (χ3v) is 13.1. The van der Waals surface area contributed by atoms with Gasteiger partial charge in [0, 0.05) is 53.4 Å². The van der Waals surface area contributed by atoms with Crippen molar-refractivity contribution in [1.29, 1.82) is 0 Å². The van der Waals surface area contributed by atoms with Crippen molar-refractivity contribution in [3.8, 4) is 27.9 Å². The Labute approximate surface area is 319 Å². The smallest absolute Gasteiger partial charge is 0.0559 e. The zero-order valence-corrected chi connectivity index (χ0v) is 31.1. The maximum atomic E-state index is 2.51. The molecule has 0 amide bonds. The molecular weight excluding hydrogens is 673 g/mol. The molecule has 0 bridgehead atoms. The van der Waals surface area contributed by atoms with Gasteiger partial charge in [0.25, 0.3) is 0 Å². The van der Waals surface area contributed by atoms with Gasteiger partial charge in [-0.3, -0.25) is 0 Å². The lowest BCUT2D eigenvalue weighted by molar-refractivity contribution is 0.660. The molecule has 258 valence electrons. The van der Waals surface area contributed by atoms with Crippen LogP contribution in [0.5, 0.6) is 0 Å². The minimum Gasteiger partial charge on any atom is -0.334 e. The van der Waals surface area contributed by atoms with Crippen LogP contribution in [0.3, 0.4) is 0 Å². The molecule has 1 unspecified atom stereocenters. The van der Waals surface area contributed by atoms with Gasteiger partial charge >= 0.3 is 0 Å². The first-order valence-corrected chi connectivity index (χ1v) is 19.8. The first kappa shape index (κ1) is 31.4. The molecule has 2 nitrogen and oxygen atoms in total. The highest BCUT2D eigenvalue weighted by atomic mass is 32.1. The minimum atomic E-state index is -0.181. The Hall–Kier alpha value is -6.16. The molecule has 0 N–H and O–H groups in total. The molecule has 2 aromatic heterocycles. The Kier molecular flexibility index (Phi) is 6.93. The normalized spacial score (nSPS) is 15.7. The maximum Gasteiger partial charge on any atom is 0.0559 e. The van der Waals surface area contributed by atoms with Crippen LogP contribution >= 0.6 is 11.3 Å². The van der Waals surface area contributed by atoms with Gasteiger partial charge in [-0.25, -0.2) is 0 Å². The zero-order valence-electron chi connectivity index (χ0n) is 30.3. The summed E-state index contributed by atoms with van der Waals surface area (Å²) < 4.78 is 5.15. The number of hydrogen-bond donors (Lipinski definition) is 0. The van der Waals surface area contributed by atoms with Gasteiger partial charge in [0.2, 0.25) is 0 Å². The Bertz CT molecular complexity index is 3000. The Morgan fingerprint density at radius 2 is 1.33 bits per heavy atom. The summed E-state index contributed by atoms with van der Waals surface area (Å²) in [7, 11) is 0. The van der Waals surface area contributed by atoms with Gasteiger partial charge in [0.1, 0.15) is 0 Å². The van der Waals surface area contributed by atoms with E-state index in [4.69, 9.17) is 0 Å². The Morgan fingerprint density at radius 3 is 2.17 bits per heavy atom. The summed E-state index contributed by atoms with van der Waals surface area (Å²) in [5.74, 6) is 0. The van der Waals surface area contributed by atoms with Crippen LogP contribution in [0.15, 0.2) is 176 Å². The first-order chi connectivity index (χ1) is 26.5. The standard InChI is InChI=1S/C51H38N2S/c1-51(2)45-30-37(52(34-15-6-3-7-16-34)35-17-8-4-9-18-35)26-27-39(45)42-31-44-43-29-33(38-22-14-23-41-40-21-12-13-24-49(40)54-50(38)41)25-28-47(43)53(48(44)32-46(42)51)36-19-10-5-11-20-36/h3-17,19-32,35H,18H2,1-2H3. The van der Waals surface area contributed by atoms with Crippen LogP contribution in [-0.4, -0.2) is 10.6 Å². The number of allylic oxidation sites excluding steroid dienone is 2. The van der Waals surface area contributed by atoms with Gasteiger partial charge in [0.05, 0.1) is 17.1 Å². The highest BCUT2D eigenvalue weighted by Crippen LogP contribution is 2.53. The van der Waals surface area contributed by atoms with E-state index in [9.17, 15) is 0 Å². The van der Waals surface area contributed by atoms with E-state index in [0.717, 1.165) is 6.42 Å². The number of benzene rings is 7. The lowest BCUT2D eigenvalue weighted by Gasteiger charge is -2.33. The van der Waals surface area contributed by atoms with Crippen LogP contribution in [0.2, 0.25) is 0 Å². The van der Waals surface area contributed by atoms with Crippen molar-refractivity contribution < 1.29 is 0 Å². The number of para-hydroxylation sites is 2. The maximum absolute atomic E-state index is 2.51. The van der Waals surface area contributed by atoms with E-state index in [1.54, 1.807) is 0 Å². The molecule has 3 heteroatoms. The van der Waals surface area contributed by atoms with Crippen molar-refractivity contribution in [2.75, 3.05) is 4.90 Å². The Morgan fingerprint density at radius 1 is 0.574 bits per heavy atom. The molecule has 0 spiro atoms. The molecule has 0 aliphatic heterocycles. The summed E-state index contributed by atoms with van der Waals surface area (Å²) in [5.41, 5.74) is 13.9. The van der Waals surface area contributed by atoms with Crippen LogP contribution in [0.25, 0.3) is 69.9 Å². The van der Waals surface area contributed by atoms with E-state index in [2.05, 4.69) is 199 Å². The lowest BCUT2D eigenvalue weighted by Crippen LogP contribution is -2.30. The fraction of sp³-hybridized carbons (Fsp3) is 0.0980. The average molecular weight is 711 g/mol. The second-order valence-electron chi connectivity index (χ2n) is 15.3. The highest BCUT2D eigenvalue weighted by Gasteiger charge is 2.37. The van der Waals surface area contributed by atoms with Crippen LogP contribution < -0.4 is 4.90 Å². The minimum absolute atomic E-state index is 0.181. The molecule has 2 aliphatic rings. The monoisotopic (exact) mass is 710 g/mol. The molecule has 0 saturated heterocycles. The van der Waals surface area contributed by atoms with Gasteiger partial charge in [-0.15, -0.1) is 11.3 Å². The van der Waals surface area contributed by atoms with Gasteiger partial charge in [-0.05, 0) is 107 Å². The highest BCUT2D eigenvalue weighted by molar-refractivity contribution is 7.26. The van der Waals surface area contributed by atoms with Crippen LogP contribution in [0, 0.1) is 0 Å². The second kappa shape index (κ2) is 11.9. The Balaban J connectivity index is 1.12. The third-order valence-electron chi connectivity index (χ3n) is 11.9. The van der Waals surface area contributed by atoms with Crippen molar-refractivity contribution in [3.05, 3.63) is 187 Å². The molecule has 1 atom stereocenters. The molecule has 9 aromatic rings. The predicted molar refractivity (Wildman–Crippen MR) is 232 cm³/mol. The molecule has 0 saturated carbocycles. The number of nitrogens with zero attached hydrogens (tertiary/aromatic N) is 2. The number of rotatable bonds is 5. The third kappa shape index (κ3) is 4.65. The van der Waals surface area contributed by atoms with Crippen molar-refractivity contribution >= 4 is 64.7 Å². The molecule has 2 heterocycles. The largest absolute Gasteiger partial charge is 0.334 e. The molecule has 0 fully saturated rings. The molecular formula is C51H38N2S. The number of fused-ring (bicyclic) bond motifs is 9. The fourth-order valence-corrected chi connectivity index (χ4v) is 10.5. The van der Waals surface area contributed by atoms with Gasteiger partial charge in [-0.2, -0.15) is 0 Å². The molecule has 2 aliphatic carbocycles. The first-order valence-electron chi connectivity index (χ1n) is 19.0. The van der Waals surface area contributed by atoms with Crippen molar-refractivity contribution in [2.24, 2.45) is 0 Å². The fourth-order valence-electron chi connectivity index (χ4n) is 9.26. The summed E-state index contributed by atoms with van der Waals surface area (Å²) >= 11 is 1.90. The van der Waals surface area contributed by atoms with E-state index in [1.165, 1.54) is 92.4 Å². The van der Waals surface area contributed by atoms with Crippen LogP contribution in [-0.2, 0) is 5.41 Å². The summed E-state index contributed by atoms with van der Waals surface area (Å²) in [5, 5.41) is 5.23. The number of anilines is 2. The van der Waals surface area contributed by atoms with Crippen molar-refractivity contribution in [1.82, 2.24) is 4.57 Å². The number of hydrogen-bond acceptors (Lipinski definition) is 2.